The highest BCUT2D eigenvalue weighted by molar-refractivity contribution is 5.88. The van der Waals surface area contributed by atoms with Crippen LogP contribution in [0.3, 0.4) is 0 Å². The van der Waals surface area contributed by atoms with Gasteiger partial charge in [0, 0.05) is 12.3 Å². The minimum absolute atomic E-state index is 0.0168. The second kappa shape index (κ2) is 3.37. The molecule has 3 saturated carbocycles. The van der Waals surface area contributed by atoms with Crippen LogP contribution in [0.4, 0.5) is 0 Å². The van der Waals surface area contributed by atoms with Crippen molar-refractivity contribution in [2.45, 2.75) is 52.2 Å². The first-order chi connectivity index (χ1) is 8.19. The van der Waals surface area contributed by atoms with Crippen molar-refractivity contribution in [2.24, 2.45) is 35.0 Å². The number of Topliss-reactive ketones (excluding diaryl/α,β-unsaturated/α-hetero) is 1. The van der Waals surface area contributed by atoms with Gasteiger partial charge in [0.1, 0.15) is 5.60 Å². The quantitative estimate of drug-likeness (QED) is 0.688. The average Bonchev–Trinajstić information content (AvgIpc) is 2.66. The predicted molar refractivity (Wildman–Crippen MR) is 67.8 cm³/mol. The molecule has 0 saturated heterocycles. The van der Waals surface area contributed by atoms with E-state index in [2.05, 4.69) is 20.8 Å². The average molecular weight is 252 g/mol. The zero-order valence-corrected chi connectivity index (χ0v) is 11.7. The molecule has 3 aliphatic carbocycles. The van der Waals surface area contributed by atoms with Crippen LogP contribution in [0.1, 0.15) is 40.5 Å². The zero-order chi connectivity index (χ0) is 13.5. The van der Waals surface area contributed by atoms with Gasteiger partial charge in [0.05, 0.1) is 6.10 Å². The van der Waals surface area contributed by atoms with E-state index < -0.39 is 5.60 Å². The first kappa shape index (κ1) is 12.6. The Morgan fingerprint density at radius 2 is 1.83 bits per heavy atom. The second-order valence-electron chi connectivity index (χ2n) is 7.57. The van der Waals surface area contributed by atoms with Crippen molar-refractivity contribution in [3.05, 3.63) is 0 Å². The Kier molecular flexibility index (Phi) is 2.36. The number of hydrogen-bond donors (Lipinski definition) is 2. The first-order valence-corrected chi connectivity index (χ1v) is 7.12. The Bertz CT molecular complexity index is 399. The third kappa shape index (κ3) is 1.35. The molecule has 0 aromatic heterocycles. The van der Waals surface area contributed by atoms with Gasteiger partial charge in [-0.25, -0.2) is 0 Å². The molecule has 18 heavy (non-hydrogen) atoms. The van der Waals surface area contributed by atoms with Crippen LogP contribution in [0.5, 0.6) is 0 Å². The van der Waals surface area contributed by atoms with Crippen molar-refractivity contribution in [3.8, 4) is 0 Å². The summed E-state index contributed by atoms with van der Waals surface area (Å²) in [4.78, 5) is 12.3. The molecule has 0 amide bonds. The lowest BCUT2D eigenvalue weighted by atomic mass is 9.74. The maximum Gasteiger partial charge on any atom is 0.164 e. The summed E-state index contributed by atoms with van der Waals surface area (Å²) in [5, 5.41) is 20.7. The second-order valence-corrected chi connectivity index (χ2v) is 7.57. The van der Waals surface area contributed by atoms with E-state index in [0.717, 1.165) is 0 Å². The highest BCUT2D eigenvalue weighted by Gasteiger charge is 2.69. The summed E-state index contributed by atoms with van der Waals surface area (Å²) in [6, 6.07) is 0. The first-order valence-electron chi connectivity index (χ1n) is 7.12. The molecule has 0 aromatic rings. The van der Waals surface area contributed by atoms with Gasteiger partial charge in [-0.1, -0.05) is 20.8 Å². The highest BCUT2D eigenvalue weighted by atomic mass is 16.3. The number of ketones is 1. The molecule has 3 rings (SSSR count). The van der Waals surface area contributed by atoms with Crippen LogP contribution in [-0.4, -0.2) is 27.7 Å². The van der Waals surface area contributed by atoms with E-state index in [9.17, 15) is 15.0 Å². The van der Waals surface area contributed by atoms with Crippen molar-refractivity contribution in [3.63, 3.8) is 0 Å². The molecule has 0 aromatic carbocycles. The maximum atomic E-state index is 12.3. The summed E-state index contributed by atoms with van der Waals surface area (Å²) >= 11 is 0. The summed E-state index contributed by atoms with van der Waals surface area (Å²) in [7, 11) is 0. The Morgan fingerprint density at radius 3 is 2.44 bits per heavy atom. The maximum absolute atomic E-state index is 12.3. The van der Waals surface area contributed by atoms with Crippen molar-refractivity contribution in [1.82, 2.24) is 0 Å². The number of hydrogen-bond acceptors (Lipinski definition) is 3. The van der Waals surface area contributed by atoms with Gasteiger partial charge in [0.2, 0.25) is 0 Å². The molecule has 3 heteroatoms. The van der Waals surface area contributed by atoms with Crippen LogP contribution in [0, 0.1) is 35.0 Å². The molecule has 3 fully saturated rings. The fourth-order valence-electron chi connectivity index (χ4n) is 4.99. The van der Waals surface area contributed by atoms with Crippen LogP contribution < -0.4 is 0 Å². The lowest BCUT2D eigenvalue weighted by Gasteiger charge is -2.33. The number of rotatable bonds is 0. The van der Waals surface area contributed by atoms with E-state index in [0.29, 0.717) is 30.6 Å². The van der Waals surface area contributed by atoms with Crippen LogP contribution >= 0.6 is 0 Å². The monoisotopic (exact) mass is 252 g/mol. The Balaban J connectivity index is 2.03. The summed E-state index contributed by atoms with van der Waals surface area (Å²) in [6.45, 7) is 8.19. The minimum Gasteiger partial charge on any atom is -0.393 e. The largest absolute Gasteiger partial charge is 0.393 e. The summed E-state index contributed by atoms with van der Waals surface area (Å²) in [5.41, 5.74) is -1.03. The smallest absolute Gasteiger partial charge is 0.164 e. The van der Waals surface area contributed by atoms with Gasteiger partial charge in [0.15, 0.2) is 5.78 Å². The molecule has 7 atom stereocenters. The standard InChI is InChI=1S/C15H24O3/c1-7-10(16)5-8-12(7)13-9(14(13,2)3)6-11(17)15(8,4)18/h7-10,12-13,16,18H,5-6H2,1-4H3. The van der Waals surface area contributed by atoms with Crippen molar-refractivity contribution in [1.29, 1.82) is 0 Å². The molecule has 0 radical (unpaired) electrons. The molecule has 0 heterocycles. The number of aliphatic hydroxyl groups excluding tert-OH is 1. The van der Waals surface area contributed by atoms with E-state index in [1.54, 1.807) is 6.92 Å². The van der Waals surface area contributed by atoms with Crippen molar-refractivity contribution >= 4 is 5.78 Å². The lowest BCUT2D eigenvalue weighted by Crippen LogP contribution is -2.45. The van der Waals surface area contributed by atoms with Gasteiger partial charge in [-0.2, -0.15) is 0 Å². The number of aliphatic hydroxyl groups is 2. The normalized spacial score (nSPS) is 57.8. The molecule has 3 aliphatic rings. The molecule has 0 bridgehead atoms. The molecule has 7 unspecified atom stereocenters. The highest BCUT2D eigenvalue weighted by Crippen LogP contribution is 2.70. The summed E-state index contributed by atoms with van der Waals surface area (Å²) < 4.78 is 0. The summed E-state index contributed by atoms with van der Waals surface area (Å²) in [6.07, 6.45) is 0.721. The van der Waals surface area contributed by atoms with Crippen molar-refractivity contribution < 1.29 is 15.0 Å². The zero-order valence-electron chi connectivity index (χ0n) is 11.7. The van der Waals surface area contributed by atoms with E-state index in [1.165, 1.54) is 0 Å². The van der Waals surface area contributed by atoms with Crippen molar-refractivity contribution in [2.75, 3.05) is 0 Å². The number of carbonyl (C=O) groups excluding carboxylic acids is 1. The Hall–Kier alpha value is -0.410. The SMILES string of the molecule is CC1C(O)CC2C1C1C(CC(=O)C2(C)O)C1(C)C. The number of fused-ring (bicyclic) bond motifs is 3. The van der Waals surface area contributed by atoms with E-state index in [1.807, 2.05) is 0 Å². The molecule has 0 spiro atoms. The molecule has 102 valence electrons. The topological polar surface area (TPSA) is 57.5 Å². The van der Waals surface area contributed by atoms with E-state index >= 15 is 0 Å². The van der Waals surface area contributed by atoms with Crippen LogP contribution in [-0.2, 0) is 4.79 Å². The molecule has 0 aliphatic heterocycles. The van der Waals surface area contributed by atoms with Crippen LogP contribution in [0.2, 0.25) is 0 Å². The van der Waals surface area contributed by atoms with E-state index in [-0.39, 0.29) is 29.1 Å². The van der Waals surface area contributed by atoms with Gasteiger partial charge >= 0.3 is 0 Å². The predicted octanol–water partition coefficient (Wildman–Crippen LogP) is 1.62. The Labute approximate surface area is 109 Å². The fraction of sp³-hybridized carbons (Fsp3) is 0.933. The third-order valence-electron chi connectivity index (χ3n) is 6.42. The summed E-state index contributed by atoms with van der Waals surface area (Å²) in [5.74, 6) is 1.30. The van der Waals surface area contributed by atoms with Crippen LogP contribution in [0.15, 0.2) is 0 Å². The molecular formula is C15H24O3. The van der Waals surface area contributed by atoms with Crippen LogP contribution in [0.25, 0.3) is 0 Å². The van der Waals surface area contributed by atoms with Gasteiger partial charge in [0.25, 0.3) is 0 Å². The minimum atomic E-state index is -1.24. The van der Waals surface area contributed by atoms with Gasteiger partial charge in [-0.3, -0.25) is 4.79 Å². The third-order valence-corrected chi connectivity index (χ3v) is 6.42. The lowest BCUT2D eigenvalue weighted by molar-refractivity contribution is -0.142. The number of carbonyl (C=O) groups is 1. The Morgan fingerprint density at radius 1 is 1.22 bits per heavy atom. The molecule has 3 nitrogen and oxygen atoms in total. The molecular weight excluding hydrogens is 228 g/mol. The molecule has 2 N–H and O–H groups in total. The van der Waals surface area contributed by atoms with Gasteiger partial charge in [-0.05, 0) is 42.4 Å². The fourth-order valence-corrected chi connectivity index (χ4v) is 4.99. The van der Waals surface area contributed by atoms with Gasteiger partial charge < -0.3 is 10.2 Å². The van der Waals surface area contributed by atoms with Gasteiger partial charge in [-0.15, -0.1) is 0 Å². The van der Waals surface area contributed by atoms with E-state index in [4.69, 9.17) is 0 Å².